The number of halogens is 1. The van der Waals surface area contributed by atoms with Gasteiger partial charge in [-0.2, -0.15) is 0 Å². The second-order valence-corrected chi connectivity index (χ2v) is 9.19. The summed E-state index contributed by atoms with van der Waals surface area (Å²) in [6.45, 7) is 3.34. The van der Waals surface area contributed by atoms with Gasteiger partial charge in [-0.15, -0.1) is 0 Å². The lowest BCUT2D eigenvalue weighted by molar-refractivity contribution is -0.127. The zero-order valence-electron chi connectivity index (χ0n) is 17.0. The Labute approximate surface area is 180 Å². The fourth-order valence-electron chi connectivity index (χ4n) is 3.53. The normalized spacial score (nSPS) is 17.2. The van der Waals surface area contributed by atoms with Gasteiger partial charge in [-0.1, -0.05) is 23.7 Å². The van der Waals surface area contributed by atoms with Crippen LogP contribution in [0.15, 0.2) is 41.3 Å². The van der Waals surface area contributed by atoms with Crippen LogP contribution in [0, 0.1) is 13.8 Å². The summed E-state index contributed by atoms with van der Waals surface area (Å²) in [5.41, 5.74) is 1.65. The smallest absolute Gasteiger partial charge is 0.265 e. The Bertz CT molecular complexity index is 1120. The summed E-state index contributed by atoms with van der Waals surface area (Å²) in [6, 6.07) is 7.16. The van der Waals surface area contributed by atoms with Gasteiger partial charge in [-0.05, 0) is 56.3 Å². The van der Waals surface area contributed by atoms with Crippen molar-refractivity contribution in [2.45, 2.75) is 30.8 Å². The van der Waals surface area contributed by atoms with Crippen molar-refractivity contribution in [2.75, 3.05) is 23.7 Å². The highest BCUT2D eigenvalue weighted by Crippen LogP contribution is 2.38. The molecule has 1 aliphatic rings. The molecule has 8 nitrogen and oxygen atoms in total. The summed E-state index contributed by atoms with van der Waals surface area (Å²) in [4.78, 5) is 25.5. The number of nitrogens with zero attached hydrogens (tertiary/aromatic N) is 1. The number of aryl methyl sites for hydroxylation is 2. The lowest BCUT2D eigenvalue weighted by atomic mass is 10.0. The second kappa shape index (κ2) is 8.25. The number of para-hydroxylation sites is 2. The number of rotatable bonds is 5. The number of hydrogen-bond acceptors (Lipinski definition) is 5. The molecule has 0 saturated heterocycles. The van der Waals surface area contributed by atoms with Gasteiger partial charge in [0.25, 0.3) is 15.9 Å². The molecule has 10 heteroatoms. The Kier molecular flexibility index (Phi) is 6.07. The lowest BCUT2D eigenvalue weighted by Gasteiger charge is -2.40. The van der Waals surface area contributed by atoms with Crippen molar-refractivity contribution in [1.29, 1.82) is 0 Å². The molecule has 160 valence electrons. The number of anilines is 2. The van der Waals surface area contributed by atoms with E-state index in [1.165, 1.54) is 20.2 Å². The fraction of sp³-hybridized carbons (Fsp3) is 0.300. The highest BCUT2D eigenvalue weighted by atomic mass is 35.5. The molecule has 30 heavy (non-hydrogen) atoms. The van der Waals surface area contributed by atoms with Gasteiger partial charge in [0.05, 0.1) is 16.3 Å². The summed E-state index contributed by atoms with van der Waals surface area (Å²) >= 11 is 6.15. The van der Waals surface area contributed by atoms with Crippen LogP contribution in [-0.4, -0.2) is 46.4 Å². The molecule has 0 saturated carbocycles. The van der Waals surface area contributed by atoms with Crippen molar-refractivity contribution in [2.24, 2.45) is 0 Å². The minimum atomic E-state index is -4.23. The predicted octanol–water partition coefficient (Wildman–Crippen LogP) is 1.81. The molecule has 0 bridgehead atoms. The van der Waals surface area contributed by atoms with Crippen LogP contribution in [0.3, 0.4) is 0 Å². The summed E-state index contributed by atoms with van der Waals surface area (Å²) in [5.74, 6) is -1.12. The number of nitrogens with one attached hydrogen (secondary N) is 3. The molecule has 0 aliphatic carbocycles. The van der Waals surface area contributed by atoms with E-state index in [0.717, 1.165) is 4.31 Å². The molecule has 3 N–H and O–H groups in total. The van der Waals surface area contributed by atoms with E-state index in [0.29, 0.717) is 21.8 Å². The topological polar surface area (TPSA) is 108 Å². The third-order valence-corrected chi connectivity index (χ3v) is 7.41. The van der Waals surface area contributed by atoms with Crippen LogP contribution in [0.4, 0.5) is 11.4 Å². The van der Waals surface area contributed by atoms with E-state index >= 15 is 0 Å². The Morgan fingerprint density at radius 3 is 2.47 bits per heavy atom. The Hall–Kier alpha value is -2.62. The molecule has 2 aromatic carbocycles. The monoisotopic (exact) mass is 450 g/mol. The van der Waals surface area contributed by atoms with E-state index in [2.05, 4.69) is 16.0 Å². The van der Waals surface area contributed by atoms with Crippen molar-refractivity contribution in [3.8, 4) is 0 Å². The van der Waals surface area contributed by atoms with Gasteiger partial charge in [0, 0.05) is 12.1 Å². The van der Waals surface area contributed by atoms with Crippen LogP contribution in [0.5, 0.6) is 0 Å². The summed E-state index contributed by atoms with van der Waals surface area (Å²) in [7, 11) is -1.31. The Balaban J connectivity index is 2.29. The van der Waals surface area contributed by atoms with Crippen LogP contribution in [0.25, 0.3) is 0 Å². The zero-order chi connectivity index (χ0) is 22.2. The number of benzene rings is 2. The van der Waals surface area contributed by atoms with Gasteiger partial charge in [0.2, 0.25) is 5.91 Å². The van der Waals surface area contributed by atoms with Gasteiger partial charge in [-0.25, -0.2) is 12.7 Å². The number of likely N-dealkylation sites (N-methyl/N-ethyl adjacent to an activating group) is 2. The van der Waals surface area contributed by atoms with Crippen LogP contribution >= 0.6 is 11.6 Å². The van der Waals surface area contributed by atoms with Gasteiger partial charge in [-0.3, -0.25) is 9.59 Å². The maximum absolute atomic E-state index is 13.9. The lowest BCUT2D eigenvalue weighted by Crippen LogP contribution is -2.63. The molecule has 3 rings (SSSR count). The van der Waals surface area contributed by atoms with Crippen LogP contribution in [0.1, 0.15) is 11.1 Å². The maximum Gasteiger partial charge on any atom is 0.265 e. The third kappa shape index (κ3) is 3.64. The maximum atomic E-state index is 13.9. The summed E-state index contributed by atoms with van der Waals surface area (Å²) in [5, 5.41) is 8.40. The van der Waals surface area contributed by atoms with Crippen molar-refractivity contribution in [3.63, 3.8) is 0 Å². The molecule has 0 unspecified atom stereocenters. The first-order chi connectivity index (χ1) is 14.1. The highest BCUT2D eigenvalue weighted by Gasteiger charge is 2.47. The van der Waals surface area contributed by atoms with Crippen molar-refractivity contribution < 1.29 is 18.0 Å². The van der Waals surface area contributed by atoms with Gasteiger partial charge in [0.15, 0.2) is 0 Å². The molecule has 0 spiro atoms. The van der Waals surface area contributed by atoms with E-state index in [1.807, 2.05) is 0 Å². The summed E-state index contributed by atoms with van der Waals surface area (Å²) < 4.78 is 28.8. The average Bonchev–Trinajstić information content (AvgIpc) is 2.70. The van der Waals surface area contributed by atoms with E-state index in [-0.39, 0.29) is 10.6 Å². The number of carbonyl (C=O) groups excluding carboxylic acids is 2. The third-order valence-electron chi connectivity index (χ3n) is 5.07. The van der Waals surface area contributed by atoms with Crippen molar-refractivity contribution in [1.82, 2.24) is 10.6 Å². The summed E-state index contributed by atoms with van der Waals surface area (Å²) in [6.07, 6.45) is 0. The molecule has 0 radical (unpaired) electrons. The number of amides is 2. The first kappa shape index (κ1) is 22.1. The highest BCUT2D eigenvalue weighted by molar-refractivity contribution is 7.93. The molecular formula is C20H23ClN4O4S. The fourth-order valence-corrected chi connectivity index (χ4v) is 5.68. The molecular weight excluding hydrogens is 428 g/mol. The molecule has 1 heterocycles. The predicted molar refractivity (Wildman–Crippen MR) is 116 cm³/mol. The molecule has 0 fully saturated rings. The molecule has 2 amide bonds. The van der Waals surface area contributed by atoms with E-state index in [1.54, 1.807) is 44.2 Å². The minimum Gasteiger partial charge on any atom is -0.358 e. The first-order valence-electron chi connectivity index (χ1n) is 9.23. The molecule has 2 atom stereocenters. The molecule has 2 aromatic rings. The van der Waals surface area contributed by atoms with Gasteiger partial charge < -0.3 is 16.0 Å². The average molecular weight is 451 g/mol. The van der Waals surface area contributed by atoms with Crippen LogP contribution < -0.4 is 20.3 Å². The standard InChI is InChI=1S/C20H23ClN4O4S/c1-11-10-16(12(2)9-13(11)21)30(28,29)25-15-8-6-5-7-14(15)24-20(27)18(25)17(22-3)19(26)23-4/h5-10,17-18,22H,1-4H3,(H,23,26)(H,24,27)/t17-,18+/m0/s1. The van der Waals surface area contributed by atoms with Crippen molar-refractivity contribution in [3.05, 3.63) is 52.5 Å². The van der Waals surface area contributed by atoms with Gasteiger partial charge in [0.1, 0.15) is 12.1 Å². The van der Waals surface area contributed by atoms with E-state index < -0.39 is 33.9 Å². The Morgan fingerprint density at radius 1 is 1.17 bits per heavy atom. The molecule has 1 aliphatic heterocycles. The number of fused-ring (bicyclic) bond motifs is 1. The van der Waals surface area contributed by atoms with Crippen molar-refractivity contribution >= 4 is 44.8 Å². The quantitative estimate of drug-likeness (QED) is 0.644. The largest absolute Gasteiger partial charge is 0.358 e. The SMILES string of the molecule is CNC(=O)[C@@H](NC)[C@@H]1C(=O)Nc2ccccc2N1S(=O)(=O)c1cc(C)c(Cl)cc1C. The second-order valence-electron chi connectivity index (χ2n) is 7.00. The number of carbonyl (C=O) groups is 2. The van der Waals surface area contributed by atoms with Crippen LogP contribution in [-0.2, 0) is 19.6 Å². The number of sulfonamides is 1. The van der Waals surface area contributed by atoms with Crippen LogP contribution in [0.2, 0.25) is 5.02 Å². The van der Waals surface area contributed by atoms with Gasteiger partial charge >= 0.3 is 0 Å². The Morgan fingerprint density at radius 2 is 1.83 bits per heavy atom. The molecule has 0 aromatic heterocycles. The van der Waals surface area contributed by atoms with E-state index in [9.17, 15) is 18.0 Å². The van der Waals surface area contributed by atoms with E-state index in [4.69, 9.17) is 11.6 Å². The minimum absolute atomic E-state index is 0.0191. The zero-order valence-corrected chi connectivity index (χ0v) is 18.6. The number of hydrogen-bond donors (Lipinski definition) is 3. The first-order valence-corrected chi connectivity index (χ1v) is 11.0.